The fourth-order valence-corrected chi connectivity index (χ4v) is 2.08. The maximum absolute atomic E-state index is 12.0. The van der Waals surface area contributed by atoms with Gasteiger partial charge in [-0.2, -0.15) is 0 Å². The molecule has 2 atom stereocenters. The van der Waals surface area contributed by atoms with Gasteiger partial charge in [0.15, 0.2) is 0 Å². The highest BCUT2D eigenvalue weighted by atomic mass is 16.6. The quantitative estimate of drug-likeness (QED) is 0.817. The highest BCUT2D eigenvalue weighted by Crippen LogP contribution is 2.19. The molecule has 0 radical (unpaired) electrons. The summed E-state index contributed by atoms with van der Waals surface area (Å²) >= 11 is 0. The van der Waals surface area contributed by atoms with Gasteiger partial charge in [0, 0.05) is 13.1 Å². The number of amides is 2. The second-order valence-electron chi connectivity index (χ2n) is 6.33. The third-order valence-corrected chi connectivity index (χ3v) is 3.17. The first-order valence-electron chi connectivity index (χ1n) is 7.11. The Hall–Kier alpha value is -1.79. The second kappa shape index (κ2) is 6.78. The summed E-state index contributed by atoms with van der Waals surface area (Å²) in [5.74, 6) is -1.81. The molecule has 0 spiro atoms. The molecule has 1 aliphatic rings. The van der Waals surface area contributed by atoms with Crippen molar-refractivity contribution in [3.63, 3.8) is 0 Å². The normalized spacial score (nSPS) is 20.6. The highest BCUT2D eigenvalue weighted by Gasteiger charge is 2.31. The molecule has 1 fully saturated rings. The predicted molar refractivity (Wildman–Crippen MR) is 75.8 cm³/mol. The SMILES string of the molecule is C[C@@H](NC(=O)[C@H]1CCCN(C(=O)OC(C)(C)C)C1)C(=O)O. The first-order valence-corrected chi connectivity index (χ1v) is 7.11. The van der Waals surface area contributed by atoms with E-state index >= 15 is 0 Å². The molecule has 7 nitrogen and oxygen atoms in total. The zero-order valence-corrected chi connectivity index (χ0v) is 13.0. The first-order chi connectivity index (χ1) is 9.60. The van der Waals surface area contributed by atoms with E-state index in [1.54, 1.807) is 20.8 Å². The zero-order chi connectivity index (χ0) is 16.2. The number of ether oxygens (including phenoxy) is 1. The van der Waals surface area contributed by atoms with Crippen molar-refractivity contribution in [2.45, 2.75) is 52.2 Å². The lowest BCUT2D eigenvalue weighted by Crippen LogP contribution is -2.49. The molecule has 2 N–H and O–H groups in total. The van der Waals surface area contributed by atoms with Gasteiger partial charge < -0.3 is 20.1 Å². The molecule has 0 aromatic heterocycles. The van der Waals surface area contributed by atoms with Crippen LogP contribution in [0.15, 0.2) is 0 Å². The molecule has 0 unspecified atom stereocenters. The number of nitrogens with zero attached hydrogens (tertiary/aromatic N) is 1. The first kappa shape index (κ1) is 17.3. The van der Waals surface area contributed by atoms with Crippen molar-refractivity contribution in [2.75, 3.05) is 13.1 Å². The van der Waals surface area contributed by atoms with Crippen molar-refractivity contribution >= 4 is 18.0 Å². The monoisotopic (exact) mass is 300 g/mol. The summed E-state index contributed by atoms with van der Waals surface area (Å²) in [5, 5.41) is 11.2. The molecular formula is C14H24N2O5. The van der Waals surface area contributed by atoms with Crippen molar-refractivity contribution in [3.05, 3.63) is 0 Å². The van der Waals surface area contributed by atoms with Crippen LogP contribution in [0, 0.1) is 5.92 Å². The fraction of sp³-hybridized carbons (Fsp3) is 0.786. The lowest BCUT2D eigenvalue weighted by Gasteiger charge is -2.33. The molecule has 120 valence electrons. The fourth-order valence-electron chi connectivity index (χ4n) is 2.08. The van der Waals surface area contributed by atoms with E-state index in [1.807, 2.05) is 0 Å². The summed E-state index contributed by atoms with van der Waals surface area (Å²) in [4.78, 5) is 36.3. The van der Waals surface area contributed by atoms with Crippen LogP contribution in [0.5, 0.6) is 0 Å². The minimum absolute atomic E-state index is 0.257. The van der Waals surface area contributed by atoms with Crippen LogP contribution in [0.25, 0.3) is 0 Å². The average molecular weight is 300 g/mol. The van der Waals surface area contributed by atoms with Crippen molar-refractivity contribution in [2.24, 2.45) is 5.92 Å². The number of carboxylic acids is 1. The Morgan fingerprint density at radius 2 is 1.95 bits per heavy atom. The van der Waals surface area contributed by atoms with E-state index < -0.39 is 29.6 Å². The standard InChI is InChI=1S/C14H24N2O5/c1-9(12(18)19)15-11(17)10-6-5-7-16(8-10)13(20)21-14(2,3)4/h9-10H,5-8H2,1-4H3,(H,15,17)(H,18,19)/t9-,10+/m1/s1. The minimum atomic E-state index is -1.08. The molecule has 0 bridgehead atoms. The van der Waals surface area contributed by atoms with Gasteiger partial charge in [-0.3, -0.25) is 9.59 Å². The van der Waals surface area contributed by atoms with Gasteiger partial charge in [-0.1, -0.05) is 0 Å². The number of nitrogens with one attached hydrogen (secondary N) is 1. The molecule has 2 amide bonds. The van der Waals surface area contributed by atoms with E-state index in [9.17, 15) is 14.4 Å². The van der Waals surface area contributed by atoms with Crippen LogP contribution in [0.3, 0.4) is 0 Å². The maximum Gasteiger partial charge on any atom is 0.410 e. The number of hydrogen-bond acceptors (Lipinski definition) is 4. The van der Waals surface area contributed by atoms with Gasteiger partial charge in [0.25, 0.3) is 0 Å². The lowest BCUT2D eigenvalue weighted by atomic mass is 9.97. The van der Waals surface area contributed by atoms with Gasteiger partial charge in [-0.15, -0.1) is 0 Å². The van der Waals surface area contributed by atoms with Crippen LogP contribution in [-0.4, -0.2) is 52.7 Å². The van der Waals surface area contributed by atoms with Gasteiger partial charge >= 0.3 is 12.1 Å². The largest absolute Gasteiger partial charge is 0.480 e. The number of carbonyl (C=O) groups is 3. The summed E-state index contributed by atoms with van der Waals surface area (Å²) in [7, 11) is 0. The number of carbonyl (C=O) groups excluding carboxylic acids is 2. The average Bonchev–Trinajstić information content (AvgIpc) is 2.36. The summed E-state index contributed by atoms with van der Waals surface area (Å²) in [6.45, 7) is 7.57. The zero-order valence-electron chi connectivity index (χ0n) is 13.0. The molecule has 0 saturated carbocycles. The summed E-state index contributed by atoms with van der Waals surface area (Å²) < 4.78 is 5.29. The van der Waals surface area contributed by atoms with Gasteiger partial charge in [-0.25, -0.2) is 4.79 Å². The Morgan fingerprint density at radius 1 is 1.33 bits per heavy atom. The summed E-state index contributed by atoms with van der Waals surface area (Å²) in [6, 6.07) is -0.936. The Bertz CT molecular complexity index is 416. The third kappa shape index (κ3) is 5.61. The predicted octanol–water partition coefficient (Wildman–Crippen LogP) is 1.22. The lowest BCUT2D eigenvalue weighted by molar-refractivity contribution is -0.142. The number of carboxylic acid groups (broad SMARTS) is 1. The summed E-state index contributed by atoms with van der Waals surface area (Å²) in [6.07, 6.45) is 0.891. The Morgan fingerprint density at radius 3 is 2.48 bits per heavy atom. The molecular weight excluding hydrogens is 276 g/mol. The van der Waals surface area contributed by atoms with Crippen molar-refractivity contribution < 1.29 is 24.2 Å². The van der Waals surface area contributed by atoms with E-state index in [1.165, 1.54) is 11.8 Å². The van der Waals surface area contributed by atoms with Crippen molar-refractivity contribution in [3.8, 4) is 0 Å². The highest BCUT2D eigenvalue weighted by molar-refractivity contribution is 5.85. The molecule has 7 heteroatoms. The molecule has 0 aromatic carbocycles. The smallest absolute Gasteiger partial charge is 0.410 e. The van der Waals surface area contributed by atoms with E-state index in [4.69, 9.17) is 9.84 Å². The van der Waals surface area contributed by atoms with Crippen LogP contribution in [0.1, 0.15) is 40.5 Å². The van der Waals surface area contributed by atoms with Crippen LogP contribution in [0.2, 0.25) is 0 Å². The van der Waals surface area contributed by atoms with Gasteiger partial charge in [0.2, 0.25) is 5.91 Å². The number of likely N-dealkylation sites (tertiary alicyclic amines) is 1. The van der Waals surface area contributed by atoms with Crippen LogP contribution >= 0.6 is 0 Å². The van der Waals surface area contributed by atoms with Crippen LogP contribution in [-0.2, 0) is 14.3 Å². The Kier molecular flexibility index (Phi) is 5.57. The minimum Gasteiger partial charge on any atom is -0.480 e. The molecule has 21 heavy (non-hydrogen) atoms. The molecule has 0 aromatic rings. The van der Waals surface area contributed by atoms with Gasteiger partial charge in [0.05, 0.1) is 5.92 Å². The van der Waals surface area contributed by atoms with Crippen molar-refractivity contribution in [1.82, 2.24) is 10.2 Å². The number of rotatable bonds is 3. The molecule has 1 saturated heterocycles. The number of piperidine rings is 1. The Labute approximate surface area is 124 Å². The molecule has 1 aliphatic heterocycles. The van der Waals surface area contributed by atoms with Crippen molar-refractivity contribution in [1.29, 1.82) is 0 Å². The number of hydrogen-bond donors (Lipinski definition) is 2. The third-order valence-electron chi connectivity index (χ3n) is 3.17. The molecule has 1 heterocycles. The topological polar surface area (TPSA) is 95.9 Å². The van der Waals surface area contributed by atoms with E-state index in [-0.39, 0.29) is 12.5 Å². The number of aliphatic carboxylic acids is 1. The van der Waals surface area contributed by atoms with E-state index in [0.717, 1.165) is 0 Å². The maximum atomic E-state index is 12.0. The van der Waals surface area contributed by atoms with E-state index in [0.29, 0.717) is 19.4 Å². The van der Waals surface area contributed by atoms with E-state index in [2.05, 4.69) is 5.32 Å². The molecule has 0 aliphatic carbocycles. The van der Waals surface area contributed by atoms with Crippen LogP contribution < -0.4 is 5.32 Å². The summed E-state index contributed by atoms with van der Waals surface area (Å²) in [5.41, 5.74) is -0.579. The second-order valence-corrected chi connectivity index (χ2v) is 6.33. The van der Waals surface area contributed by atoms with Crippen LogP contribution in [0.4, 0.5) is 4.79 Å². The molecule has 1 rings (SSSR count). The van der Waals surface area contributed by atoms with Gasteiger partial charge in [0.1, 0.15) is 11.6 Å². The van der Waals surface area contributed by atoms with Gasteiger partial charge in [-0.05, 0) is 40.5 Å². The Balaban J connectivity index is 2.57.